The van der Waals surface area contributed by atoms with Crippen LogP contribution in [0.1, 0.15) is 32.1 Å². The zero-order valence-corrected chi connectivity index (χ0v) is 15.7. The molecule has 1 aromatic carbocycles. The molecule has 0 radical (unpaired) electrons. The van der Waals surface area contributed by atoms with Crippen molar-refractivity contribution in [2.75, 3.05) is 0 Å². The van der Waals surface area contributed by atoms with Gasteiger partial charge >= 0.3 is 0 Å². The van der Waals surface area contributed by atoms with E-state index in [4.69, 9.17) is 21.7 Å². The number of hydrogen-bond donors (Lipinski definition) is 1. The van der Waals surface area contributed by atoms with Crippen molar-refractivity contribution in [3.05, 3.63) is 28.0 Å². The number of halogens is 1. The van der Waals surface area contributed by atoms with Gasteiger partial charge in [0.1, 0.15) is 9.90 Å². The van der Waals surface area contributed by atoms with Crippen LogP contribution in [0.4, 0.5) is 0 Å². The van der Waals surface area contributed by atoms with Gasteiger partial charge in [-0.05, 0) is 25.0 Å². The van der Waals surface area contributed by atoms with Gasteiger partial charge in [-0.2, -0.15) is 5.10 Å². The van der Waals surface area contributed by atoms with Gasteiger partial charge < -0.3 is 0 Å². The smallest absolute Gasteiger partial charge is 0.239 e. The largest absolute Gasteiger partial charge is 0.254 e. The first-order valence-corrected chi connectivity index (χ1v) is 10.5. The molecular formula is C15H19ClN4O2S2. The Bertz CT molecular complexity index is 912. The Hall–Kier alpha value is -1.22. The molecule has 1 aliphatic carbocycles. The summed E-state index contributed by atoms with van der Waals surface area (Å²) in [5.41, 5.74) is 0.661. The molecule has 6 nitrogen and oxygen atoms in total. The summed E-state index contributed by atoms with van der Waals surface area (Å²) in [5, 5.41) is 10.5. The lowest BCUT2D eigenvalue weighted by Crippen LogP contribution is -2.18. The standard InChI is InChI=1S/C15H19ClN4O2S2/c1-20-15(18-11-5-3-2-4-6-11)23-14(19-20)10-7-8-12(16)13(9-10)24(17,21)22/h7-9,11H,2-6H2,1H3,(H2,17,21,22)/b18-15+. The summed E-state index contributed by atoms with van der Waals surface area (Å²) in [6.07, 6.45) is 5.96. The maximum atomic E-state index is 11.6. The Kier molecular flexibility index (Phi) is 5.10. The van der Waals surface area contributed by atoms with Gasteiger partial charge in [-0.15, -0.1) is 0 Å². The van der Waals surface area contributed by atoms with Crippen LogP contribution in [-0.2, 0) is 17.1 Å². The predicted octanol–water partition coefficient (Wildman–Crippen LogP) is 2.68. The number of aryl methyl sites for hydroxylation is 1. The van der Waals surface area contributed by atoms with Crippen LogP contribution in [0, 0.1) is 0 Å². The lowest BCUT2D eigenvalue weighted by Gasteiger charge is -2.16. The molecule has 0 amide bonds. The first-order chi connectivity index (χ1) is 11.3. The molecular weight excluding hydrogens is 368 g/mol. The molecule has 24 heavy (non-hydrogen) atoms. The third-order valence-electron chi connectivity index (χ3n) is 4.06. The van der Waals surface area contributed by atoms with Crippen molar-refractivity contribution in [1.29, 1.82) is 0 Å². The molecule has 1 fully saturated rings. The van der Waals surface area contributed by atoms with Gasteiger partial charge in [-0.1, -0.05) is 48.3 Å². The van der Waals surface area contributed by atoms with Gasteiger partial charge in [-0.3, -0.25) is 4.99 Å². The average Bonchev–Trinajstić information content (AvgIpc) is 2.88. The number of aromatic nitrogens is 2. The fraction of sp³-hybridized carbons (Fsp3) is 0.467. The molecule has 0 saturated heterocycles. The summed E-state index contributed by atoms with van der Waals surface area (Å²) >= 11 is 7.37. The zero-order valence-electron chi connectivity index (χ0n) is 13.3. The molecule has 0 aliphatic heterocycles. The molecule has 0 spiro atoms. The van der Waals surface area contributed by atoms with Gasteiger partial charge in [0.25, 0.3) is 0 Å². The lowest BCUT2D eigenvalue weighted by atomic mass is 9.96. The molecule has 3 rings (SSSR count). The quantitative estimate of drug-likeness (QED) is 0.879. The first kappa shape index (κ1) is 17.6. The Balaban J connectivity index is 1.99. The minimum atomic E-state index is -3.88. The van der Waals surface area contributed by atoms with Gasteiger partial charge in [0.05, 0.1) is 11.1 Å². The Morgan fingerprint density at radius 2 is 2.04 bits per heavy atom. The summed E-state index contributed by atoms with van der Waals surface area (Å²) < 4.78 is 25.0. The van der Waals surface area contributed by atoms with Crippen LogP contribution in [0.25, 0.3) is 10.6 Å². The van der Waals surface area contributed by atoms with Crippen molar-refractivity contribution in [3.8, 4) is 10.6 Å². The number of hydrogen-bond acceptors (Lipinski definition) is 5. The lowest BCUT2D eigenvalue weighted by molar-refractivity contribution is 0.434. The molecule has 0 unspecified atom stereocenters. The van der Waals surface area contributed by atoms with Crippen LogP contribution >= 0.6 is 22.9 Å². The minimum Gasteiger partial charge on any atom is -0.254 e. The number of rotatable bonds is 3. The molecule has 2 N–H and O–H groups in total. The molecule has 2 aromatic rings. The van der Waals surface area contributed by atoms with E-state index in [1.807, 2.05) is 7.05 Å². The van der Waals surface area contributed by atoms with Crippen LogP contribution in [0.2, 0.25) is 5.02 Å². The highest BCUT2D eigenvalue weighted by Gasteiger charge is 2.17. The molecule has 1 heterocycles. The van der Waals surface area contributed by atoms with Crippen molar-refractivity contribution >= 4 is 33.0 Å². The highest BCUT2D eigenvalue weighted by molar-refractivity contribution is 7.89. The molecule has 9 heteroatoms. The van der Waals surface area contributed by atoms with Crippen molar-refractivity contribution in [2.24, 2.45) is 17.2 Å². The Morgan fingerprint density at radius 1 is 1.33 bits per heavy atom. The third kappa shape index (κ3) is 3.88. The highest BCUT2D eigenvalue weighted by Crippen LogP contribution is 2.28. The fourth-order valence-corrected chi connectivity index (χ4v) is 4.83. The van der Waals surface area contributed by atoms with Crippen LogP contribution in [0.5, 0.6) is 0 Å². The number of nitrogens with zero attached hydrogens (tertiary/aromatic N) is 3. The van der Waals surface area contributed by atoms with E-state index >= 15 is 0 Å². The maximum Gasteiger partial charge on any atom is 0.239 e. The molecule has 1 aromatic heterocycles. The summed E-state index contributed by atoms with van der Waals surface area (Å²) in [6, 6.07) is 5.07. The van der Waals surface area contributed by atoms with E-state index in [0.29, 0.717) is 16.6 Å². The fourth-order valence-electron chi connectivity index (χ4n) is 2.80. The van der Waals surface area contributed by atoms with E-state index in [0.717, 1.165) is 17.6 Å². The van der Waals surface area contributed by atoms with Gasteiger partial charge in [0.2, 0.25) is 14.8 Å². The van der Waals surface area contributed by atoms with Crippen molar-refractivity contribution in [1.82, 2.24) is 9.78 Å². The molecule has 0 bridgehead atoms. The summed E-state index contributed by atoms with van der Waals surface area (Å²) in [7, 11) is -2.03. The van der Waals surface area contributed by atoms with Crippen LogP contribution < -0.4 is 9.94 Å². The second-order valence-electron chi connectivity index (χ2n) is 5.92. The monoisotopic (exact) mass is 386 g/mol. The van der Waals surface area contributed by atoms with Crippen molar-refractivity contribution in [2.45, 2.75) is 43.0 Å². The van der Waals surface area contributed by atoms with Crippen LogP contribution in [-0.4, -0.2) is 24.2 Å². The second kappa shape index (κ2) is 6.95. The highest BCUT2D eigenvalue weighted by atomic mass is 35.5. The average molecular weight is 387 g/mol. The summed E-state index contributed by atoms with van der Waals surface area (Å²) in [4.78, 5) is 5.55. The molecule has 1 aliphatic rings. The number of nitrogens with two attached hydrogens (primary N) is 1. The van der Waals surface area contributed by atoms with E-state index in [1.165, 1.54) is 42.7 Å². The van der Waals surface area contributed by atoms with Gasteiger partial charge in [-0.25, -0.2) is 18.2 Å². The SMILES string of the molecule is Cn1nc(-c2ccc(Cl)c(S(N)(=O)=O)c2)s/c1=N/C1CCCCC1. The third-order valence-corrected chi connectivity index (χ3v) is 6.51. The normalized spacial score (nSPS) is 17.4. The topological polar surface area (TPSA) is 90.3 Å². The number of sulfonamides is 1. The van der Waals surface area contributed by atoms with Crippen molar-refractivity contribution < 1.29 is 8.42 Å². The van der Waals surface area contributed by atoms with Crippen LogP contribution in [0.15, 0.2) is 28.1 Å². The van der Waals surface area contributed by atoms with E-state index in [2.05, 4.69) is 5.10 Å². The molecule has 0 atom stereocenters. The van der Waals surface area contributed by atoms with Gasteiger partial charge in [0.15, 0.2) is 0 Å². The van der Waals surface area contributed by atoms with E-state index < -0.39 is 10.0 Å². The van der Waals surface area contributed by atoms with E-state index in [-0.39, 0.29) is 9.92 Å². The number of primary sulfonamides is 1. The summed E-state index contributed by atoms with van der Waals surface area (Å²) in [6.45, 7) is 0. The molecule has 1 saturated carbocycles. The Labute approximate surface area is 150 Å². The van der Waals surface area contributed by atoms with E-state index in [9.17, 15) is 8.42 Å². The van der Waals surface area contributed by atoms with E-state index in [1.54, 1.807) is 10.7 Å². The first-order valence-electron chi connectivity index (χ1n) is 7.75. The van der Waals surface area contributed by atoms with Crippen LogP contribution in [0.3, 0.4) is 0 Å². The second-order valence-corrected chi connectivity index (χ2v) is 8.82. The van der Waals surface area contributed by atoms with Gasteiger partial charge in [0, 0.05) is 12.6 Å². The minimum absolute atomic E-state index is 0.0923. The molecule has 130 valence electrons. The zero-order chi connectivity index (χ0) is 17.3. The Morgan fingerprint density at radius 3 is 2.71 bits per heavy atom. The number of benzene rings is 1. The van der Waals surface area contributed by atoms with Crippen molar-refractivity contribution in [3.63, 3.8) is 0 Å². The predicted molar refractivity (Wildman–Crippen MR) is 95.3 cm³/mol. The summed E-state index contributed by atoms with van der Waals surface area (Å²) in [5.74, 6) is 0. The maximum absolute atomic E-state index is 11.6.